The van der Waals surface area contributed by atoms with Crippen LogP contribution in [0.3, 0.4) is 0 Å². The van der Waals surface area contributed by atoms with Crippen molar-refractivity contribution in [2.24, 2.45) is 0 Å². The molecule has 0 aliphatic carbocycles. The first-order valence-corrected chi connectivity index (χ1v) is 10.6. The van der Waals surface area contributed by atoms with Crippen LogP contribution in [-0.4, -0.2) is 46.2 Å². The highest BCUT2D eigenvalue weighted by Gasteiger charge is 2.25. The Balaban J connectivity index is 1.80. The molecule has 3 aromatic carbocycles. The van der Waals surface area contributed by atoms with Gasteiger partial charge in [0.1, 0.15) is 24.3 Å². The van der Waals surface area contributed by atoms with Crippen molar-refractivity contribution in [3.05, 3.63) is 91.0 Å². The molecule has 0 amide bonds. The monoisotopic (exact) mass is 528 g/mol. The quantitative estimate of drug-likeness (QED) is 0.253. The molecular formula is C24H20N2O12. The Hall–Kier alpha value is -5.40. The van der Waals surface area contributed by atoms with Crippen molar-refractivity contribution in [1.29, 1.82) is 0 Å². The Kier molecular flexibility index (Phi) is 8.27. The molecule has 0 heterocycles. The van der Waals surface area contributed by atoms with Crippen molar-refractivity contribution in [2.45, 2.75) is 13.2 Å². The smallest absolute Gasteiger partial charge is 0.342 e. The van der Waals surface area contributed by atoms with E-state index >= 15 is 0 Å². The molecule has 198 valence electrons. The van der Waals surface area contributed by atoms with Gasteiger partial charge in [0, 0.05) is 12.1 Å². The zero-order valence-electron chi connectivity index (χ0n) is 19.9. The number of aromatic carboxylic acids is 2. The Morgan fingerprint density at radius 1 is 0.711 bits per heavy atom. The van der Waals surface area contributed by atoms with Crippen molar-refractivity contribution < 1.29 is 48.6 Å². The van der Waals surface area contributed by atoms with Gasteiger partial charge in [-0.1, -0.05) is 18.2 Å². The summed E-state index contributed by atoms with van der Waals surface area (Å²) in [6.07, 6.45) is 0. The van der Waals surface area contributed by atoms with Gasteiger partial charge in [-0.05, 0) is 17.2 Å². The molecular weight excluding hydrogens is 508 g/mol. The number of carbonyl (C=O) groups is 2. The van der Waals surface area contributed by atoms with Crippen molar-refractivity contribution in [3.8, 4) is 23.0 Å². The fourth-order valence-electron chi connectivity index (χ4n) is 3.42. The number of benzene rings is 3. The van der Waals surface area contributed by atoms with Crippen LogP contribution in [-0.2, 0) is 13.2 Å². The van der Waals surface area contributed by atoms with Crippen molar-refractivity contribution in [1.82, 2.24) is 0 Å². The van der Waals surface area contributed by atoms with E-state index in [9.17, 15) is 40.0 Å². The van der Waals surface area contributed by atoms with Crippen LogP contribution in [0.5, 0.6) is 23.0 Å². The normalized spacial score (nSPS) is 10.4. The number of rotatable bonds is 12. The molecule has 0 saturated carbocycles. The van der Waals surface area contributed by atoms with E-state index in [2.05, 4.69) is 0 Å². The number of ether oxygens (including phenoxy) is 4. The minimum absolute atomic E-state index is 0.00835. The third-order valence-electron chi connectivity index (χ3n) is 5.20. The number of methoxy groups -OCH3 is 2. The minimum atomic E-state index is -1.49. The number of hydrogen-bond acceptors (Lipinski definition) is 10. The van der Waals surface area contributed by atoms with E-state index in [4.69, 9.17) is 18.9 Å². The van der Waals surface area contributed by atoms with Crippen LogP contribution in [0.15, 0.2) is 48.5 Å². The zero-order chi connectivity index (χ0) is 28.0. The molecule has 0 aliphatic heterocycles. The van der Waals surface area contributed by atoms with Crippen molar-refractivity contribution >= 4 is 23.3 Å². The van der Waals surface area contributed by atoms with E-state index in [1.54, 1.807) is 24.3 Å². The molecule has 0 radical (unpaired) electrons. The lowest BCUT2D eigenvalue weighted by Gasteiger charge is -2.14. The molecule has 0 atom stereocenters. The van der Waals surface area contributed by atoms with Gasteiger partial charge in [-0.2, -0.15) is 0 Å². The molecule has 0 unspecified atom stereocenters. The average molecular weight is 528 g/mol. The second-order valence-corrected chi connectivity index (χ2v) is 7.56. The summed E-state index contributed by atoms with van der Waals surface area (Å²) in [6.45, 7) is -0.147. The van der Waals surface area contributed by atoms with Crippen LogP contribution in [0.1, 0.15) is 31.8 Å². The molecule has 38 heavy (non-hydrogen) atoms. The van der Waals surface area contributed by atoms with Crippen molar-refractivity contribution in [2.75, 3.05) is 14.2 Å². The van der Waals surface area contributed by atoms with Crippen LogP contribution < -0.4 is 18.9 Å². The Morgan fingerprint density at radius 3 is 1.42 bits per heavy atom. The molecule has 0 fully saturated rings. The molecule has 0 saturated heterocycles. The largest absolute Gasteiger partial charge is 0.493 e. The predicted octanol–water partition coefficient (Wildman–Crippen LogP) is 4.07. The summed E-state index contributed by atoms with van der Waals surface area (Å²) in [6, 6.07) is 10.7. The Bertz CT molecular complexity index is 1320. The van der Waals surface area contributed by atoms with Gasteiger partial charge in [0.2, 0.25) is 0 Å². The molecule has 14 heteroatoms. The van der Waals surface area contributed by atoms with Crippen LogP contribution in [0.25, 0.3) is 0 Å². The highest BCUT2D eigenvalue weighted by Crippen LogP contribution is 2.36. The lowest BCUT2D eigenvalue weighted by molar-refractivity contribution is -0.385. The third kappa shape index (κ3) is 6.04. The maximum atomic E-state index is 11.3. The van der Waals surface area contributed by atoms with Crippen LogP contribution >= 0.6 is 0 Å². The van der Waals surface area contributed by atoms with Crippen molar-refractivity contribution in [3.63, 3.8) is 0 Å². The van der Waals surface area contributed by atoms with Gasteiger partial charge >= 0.3 is 11.9 Å². The van der Waals surface area contributed by atoms with Crippen LogP contribution in [0.2, 0.25) is 0 Å². The van der Waals surface area contributed by atoms with Gasteiger partial charge in [-0.15, -0.1) is 0 Å². The summed E-state index contributed by atoms with van der Waals surface area (Å²) in [5.41, 5.74) is -1.20. The van der Waals surface area contributed by atoms with E-state index in [1.807, 2.05) is 0 Å². The SMILES string of the molecule is COc1cc(C(=O)O)c([N+](=O)[O-])cc1OCc1cccc(COc2cc([N+](=O)[O-])c(C(=O)O)cc2OC)c1. The topological polar surface area (TPSA) is 198 Å². The van der Waals surface area contributed by atoms with Gasteiger partial charge in [0.05, 0.1) is 36.2 Å². The van der Waals surface area contributed by atoms with E-state index < -0.39 is 44.3 Å². The number of carboxylic acid groups (broad SMARTS) is 2. The van der Waals surface area contributed by atoms with Crippen LogP contribution in [0, 0.1) is 20.2 Å². The van der Waals surface area contributed by atoms with Gasteiger partial charge in [-0.3, -0.25) is 20.2 Å². The third-order valence-corrected chi connectivity index (χ3v) is 5.20. The minimum Gasteiger partial charge on any atom is -0.493 e. The first-order chi connectivity index (χ1) is 18.0. The van der Waals surface area contributed by atoms with Gasteiger partial charge < -0.3 is 29.2 Å². The fourth-order valence-corrected chi connectivity index (χ4v) is 3.42. The highest BCUT2D eigenvalue weighted by atomic mass is 16.6. The predicted molar refractivity (Wildman–Crippen MR) is 128 cm³/mol. The second-order valence-electron chi connectivity index (χ2n) is 7.56. The lowest BCUT2D eigenvalue weighted by atomic mass is 10.1. The zero-order valence-corrected chi connectivity index (χ0v) is 19.9. The molecule has 0 aromatic heterocycles. The first-order valence-electron chi connectivity index (χ1n) is 10.6. The van der Waals surface area contributed by atoms with Crippen LogP contribution in [0.4, 0.5) is 11.4 Å². The summed E-state index contributed by atoms with van der Waals surface area (Å²) in [4.78, 5) is 43.6. The average Bonchev–Trinajstić information content (AvgIpc) is 2.89. The molecule has 3 aromatic rings. The first kappa shape index (κ1) is 27.2. The lowest BCUT2D eigenvalue weighted by Crippen LogP contribution is -2.06. The molecule has 0 bridgehead atoms. The summed E-state index contributed by atoms with van der Waals surface area (Å²) < 4.78 is 21.5. The summed E-state index contributed by atoms with van der Waals surface area (Å²) in [5.74, 6) is -3.08. The van der Waals surface area contributed by atoms with E-state index in [0.29, 0.717) is 11.1 Å². The summed E-state index contributed by atoms with van der Waals surface area (Å²) in [5, 5.41) is 41.1. The number of nitro benzene ring substituents is 2. The van der Waals surface area contributed by atoms with E-state index in [-0.39, 0.29) is 36.2 Å². The maximum absolute atomic E-state index is 11.3. The Morgan fingerprint density at radius 2 is 1.11 bits per heavy atom. The van der Waals surface area contributed by atoms with E-state index in [0.717, 1.165) is 24.3 Å². The van der Waals surface area contributed by atoms with Gasteiger partial charge in [0.25, 0.3) is 11.4 Å². The molecule has 0 aliphatic rings. The summed E-state index contributed by atoms with van der Waals surface area (Å²) in [7, 11) is 2.53. The fraction of sp³-hybridized carbons (Fsp3) is 0.167. The number of nitrogens with zero attached hydrogens (tertiary/aromatic N) is 2. The summed E-state index contributed by atoms with van der Waals surface area (Å²) >= 11 is 0. The second kappa shape index (κ2) is 11.6. The molecule has 2 N–H and O–H groups in total. The Labute approximate surface area is 213 Å². The molecule has 0 spiro atoms. The number of nitro groups is 2. The molecule has 14 nitrogen and oxygen atoms in total. The number of carboxylic acids is 2. The van der Waals surface area contributed by atoms with E-state index in [1.165, 1.54) is 14.2 Å². The number of hydrogen-bond donors (Lipinski definition) is 2. The highest BCUT2D eigenvalue weighted by molar-refractivity contribution is 5.94. The van der Waals surface area contributed by atoms with Gasteiger partial charge in [-0.25, -0.2) is 9.59 Å². The standard InChI is InChI=1S/C24H20N2O12/c1-35-19-7-15(23(27)28)17(25(31)32)9-21(19)37-11-13-4-3-5-14(6-13)12-38-22-10-18(26(33)34)16(24(29)30)8-20(22)36-2/h3-10H,11-12H2,1-2H3,(H,27,28)(H,29,30). The maximum Gasteiger partial charge on any atom is 0.342 e. The molecule has 3 rings (SSSR count). The van der Waals surface area contributed by atoms with Gasteiger partial charge in [0.15, 0.2) is 23.0 Å².